The number of anilines is 3. The van der Waals surface area contributed by atoms with E-state index in [1.165, 1.54) is 11.3 Å². The fourth-order valence-corrected chi connectivity index (χ4v) is 8.84. The van der Waals surface area contributed by atoms with Gasteiger partial charge in [-0.3, -0.25) is 28.9 Å². The first-order valence-corrected chi connectivity index (χ1v) is 20.7. The van der Waals surface area contributed by atoms with E-state index in [1.807, 2.05) is 30.3 Å². The van der Waals surface area contributed by atoms with E-state index >= 15 is 0 Å². The summed E-state index contributed by atoms with van der Waals surface area (Å²) < 4.78 is 9.39. The van der Waals surface area contributed by atoms with Crippen LogP contribution >= 0.6 is 0 Å². The first-order valence-electron chi connectivity index (χ1n) is 20.7. The van der Waals surface area contributed by atoms with Gasteiger partial charge in [0.1, 0.15) is 11.8 Å². The van der Waals surface area contributed by atoms with Gasteiger partial charge in [-0.05, 0) is 86.8 Å². The van der Waals surface area contributed by atoms with Gasteiger partial charge in [0.2, 0.25) is 11.8 Å². The quantitative estimate of drug-likeness (QED) is 0.149. The number of amides is 2. The number of phenolic OH excluding ortho intramolecular Hbond substituents is 1. The van der Waals surface area contributed by atoms with E-state index in [9.17, 15) is 19.5 Å². The van der Waals surface area contributed by atoms with Gasteiger partial charge in [-0.1, -0.05) is 36.4 Å². The molecule has 3 saturated heterocycles. The van der Waals surface area contributed by atoms with E-state index in [-0.39, 0.29) is 29.9 Å². The number of hydrogen-bond donors (Lipinski definition) is 3. The number of aromatic hydroxyl groups is 1. The number of imide groups is 1. The summed E-state index contributed by atoms with van der Waals surface area (Å²) in [5.41, 5.74) is 13.2. The average molecular weight is 803 g/mol. The molecule has 59 heavy (non-hydrogen) atoms. The number of phenols is 1. The van der Waals surface area contributed by atoms with Crippen LogP contribution in [0.4, 0.5) is 17.2 Å². The minimum Gasteiger partial charge on any atom is -0.507 e. The minimum atomic E-state index is -0.685. The fourth-order valence-electron chi connectivity index (χ4n) is 8.84. The first-order chi connectivity index (χ1) is 28.6. The second-order valence-electron chi connectivity index (χ2n) is 16.0. The Kier molecular flexibility index (Phi) is 11.9. The van der Waals surface area contributed by atoms with Crippen molar-refractivity contribution >= 4 is 40.0 Å². The van der Waals surface area contributed by atoms with Gasteiger partial charge in [0.25, 0.3) is 0 Å². The molecular weight excluding hydrogens is 749 g/mol. The summed E-state index contributed by atoms with van der Waals surface area (Å²) in [6, 6.07) is 23.1. The highest BCUT2D eigenvalue weighted by Gasteiger charge is 2.32. The number of hydrogen-bond acceptors (Lipinski definition) is 12. The lowest BCUT2D eigenvalue weighted by Gasteiger charge is -2.37. The molecule has 0 bridgehead atoms. The van der Waals surface area contributed by atoms with Crippen LogP contribution in [0.15, 0.2) is 77.6 Å². The normalized spacial score (nSPS) is 19.2. The molecule has 15 heteroatoms. The van der Waals surface area contributed by atoms with Gasteiger partial charge in [-0.2, -0.15) is 0 Å². The molecule has 0 saturated carbocycles. The van der Waals surface area contributed by atoms with E-state index < -0.39 is 11.9 Å². The third kappa shape index (κ3) is 8.82. The molecule has 5 heterocycles. The van der Waals surface area contributed by atoms with Crippen LogP contribution in [0, 0.1) is 0 Å². The van der Waals surface area contributed by atoms with Crippen LogP contribution in [0.25, 0.3) is 22.3 Å². The Hall–Kier alpha value is -5.77. The Bertz CT molecular complexity index is 2350. The van der Waals surface area contributed by atoms with Crippen LogP contribution in [-0.4, -0.2) is 118 Å². The topological polar surface area (TPSA) is 167 Å². The van der Waals surface area contributed by atoms with Crippen molar-refractivity contribution < 1.29 is 19.4 Å². The summed E-state index contributed by atoms with van der Waals surface area (Å²) in [7, 11) is 3.92. The van der Waals surface area contributed by atoms with Crippen LogP contribution in [0.3, 0.4) is 0 Å². The molecule has 8 rings (SSSR count). The van der Waals surface area contributed by atoms with Crippen LogP contribution in [-0.2, 0) is 34.3 Å². The molecule has 0 aliphatic carbocycles. The maximum atomic E-state index is 13.3. The molecule has 3 aliphatic rings. The molecule has 3 aromatic carbocycles. The maximum Gasteiger partial charge on any atom is 0.329 e. The van der Waals surface area contributed by atoms with Crippen molar-refractivity contribution in [1.82, 2.24) is 34.4 Å². The van der Waals surface area contributed by atoms with Gasteiger partial charge >= 0.3 is 5.69 Å². The zero-order chi connectivity index (χ0) is 41.0. The van der Waals surface area contributed by atoms with Gasteiger partial charge in [-0.15, -0.1) is 10.2 Å². The van der Waals surface area contributed by atoms with E-state index in [1.54, 1.807) is 28.3 Å². The highest BCUT2D eigenvalue weighted by molar-refractivity contribution is 6.00. The summed E-state index contributed by atoms with van der Waals surface area (Å²) in [5, 5.41) is 21.1. The Morgan fingerprint density at radius 3 is 2.51 bits per heavy atom. The third-order valence-corrected chi connectivity index (χ3v) is 12.0. The molecule has 1 unspecified atom stereocenters. The number of aromatic nitrogens is 4. The number of piperazine rings is 1. The summed E-state index contributed by atoms with van der Waals surface area (Å²) in [6.45, 7) is 8.53. The zero-order valence-corrected chi connectivity index (χ0v) is 33.9. The second-order valence-corrected chi connectivity index (χ2v) is 16.0. The van der Waals surface area contributed by atoms with Gasteiger partial charge in [0.05, 0.1) is 35.1 Å². The van der Waals surface area contributed by atoms with Crippen LogP contribution in [0.2, 0.25) is 0 Å². The maximum absolute atomic E-state index is 13.3. The highest BCUT2D eigenvalue weighted by Crippen LogP contribution is 2.32. The SMILES string of the molecule is CN(CC[C@@H]1CN(CCCc2cccc3c2n(C)c(=O)n3C2CCC(=O)NC2=O)CCO1)Cc1ccc(N2CCN(c3cc(-c4ccccc4O)nnc3N)CC2)cc1. The lowest BCUT2D eigenvalue weighted by atomic mass is 10.0. The van der Waals surface area contributed by atoms with Gasteiger partial charge < -0.3 is 30.3 Å². The lowest BCUT2D eigenvalue weighted by molar-refractivity contribution is -0.135. The summed E-state index contributed by atoms with van der Waals surface area (Å²) in [6.07, 6.45) is 3.42. The number of nitrogens with zero attached hydrogens (tertiary/aromatic N) is 8. The Balaban J connectivity index is 0.782. The van der Waals surface area contributed by atoms with E-state index in [0.717, 1.165) is 107 Å². The summed E-state index contributed by atoms with van der Waals surface area (Å²) in [5.74, 6) is -0.159. The van der Waals surface area contributed by atoms with E-state index in [4.69, 9.17) is 10.5 Å². The standard InChI is InChI=1S/C44H54N10O5/c1-49(28-30-12-14-32(15-13-30)52-21-23-53(24-22-52)38-27-35(47-48-42(38)45)34-9-3-4-11-39(34)55)20-18-33-29-51(25-26-59-33)19-6-8-31-7-5-10-36-41(31)50(2)44(58)54(36)37-16-17-40(56)46-43(37)57/h3-5,7,9-15,27,33,37,55H,6,8,16-26,28-29H2,1-2H3,(H2,45,48)(H,46,56,57)/t33-,37?/m1/s1. The molecule has 5 aromatic rings. The number of benzene rings is 3. The number of carbonyl (C=O) groups is 2. The number of nitrogen functional groups attached to an aromatic ring is 1. The van der Waals surface area contributed by atoms with Crippen LogP contribution in [0.1, 0.15) is 42.9 Å². The van der Waals surface area contributed by atoms with Crippen molar-refractivity contribution in [1.29, 1.82) is 0 Å². The number of morpholine rings is 1. The molecule has 3 fully saturated rings. The predicted octanol–water partition coefficient (Wildman–Crippen LogP) is 3.54. The Morgan fingerprint density at radius 1 is 0.949 bits per heavy atom. The molecule has 0 spiro atoms. The number of fused-ring (bicyclic) bond motifs is 1. The summed E-state index contributed by atoms with van der Waals surface area (Å²) >= 11 is 0. The van der Waals surface area contributed by atoms with Crippen molar-refractivity contribution in [2.24, 2.45) is 7.05 Å². The number of nitrogens with one attached hydrogen (secondary N) is 1. The molecule has 3 aliphatic heterocycles. The van der Waals surface area contributed by atoms with Crippen molar-refractivity contribution in [2.75, 3.05) is 81.5 Å². The van der Waals surface area contributed by atoms with E-state index in [0.29, 0.717) is 23.5 Å². The average Bonchev–Trinajstić information content (AvgIpc) is 3.50. The molecule has 15 nitrogen and oxygen atoms in total. The smallest absolute Gasteiger partial charge is 0.329 e. The molecule has 2 atom stereocenters. The second kappa shape index (κ2) is 17.6. The van der Waals surface area contributed by atoms with Gasteiger partial charge in [0.15, 0.2) is 5.82 Å². The van der Waals surface area contributed by atoms with Crippen LogP contribution < -0.4 is 26.5 Å². The largest absolute Gasteiger partial charge is 0.507 e. The molecule has 4 N–H and O–H groups in total. The predicted molar refractivity (Wildman–Crippen MR) is 228 cm³/mol. The lowest BCUT2D eigenvalue weighted by Crippen LogP contribution is -2.46. The molecule has 2 amide bonds. The number of piperidine rings is 1. The monoisotopic (exact) mass is 802 g/mol. The van der Waals surface area contributed by atoms with Crippen molar-refractivity contribution in [3.05, 3.63) is 94.4 Å². The summed E-state index contributed by atoms with van der Waals surface area (Å²) in [4.78, 5) is 47.2. The van der Waals surface area contributed by atoms with Crippen molar-refractivity contribution in [3.63, 3.8) is 0 Å². The third-order valence-electron chi connectivity index (χ3n) is 12.0. The number of aryl methyl sites for hydroxylation is 2. The Labute approximate surface area is 344 Å². The fraction of sp³-hybridized carbons (Fsp3) is 0.432. The number of carbonyl (C=O) groups excluding carboxylic acids is 2. The molecule has 0 radical (unpaired) electrons. The highest BCUT2D eigenvalue weighted by atomic mass is 16.5. The van der Waals surface area contributed by atoms with Crippen molar-refractivity contribution in [2.45, 2.75) is 50.8 Å². The molecule has 2 aromatic heterocycles. The number of ether oxygens (including phenoxy) is 1. The number of rotatable bonds is 13. The van der Waals surface area contributed by atoms with E-state index in [2.05, 4.69) is 72.5 Å². The van der Waals surface area contributed by atoms with Gasteiger partial charge in [-0.25, -0.2) is 4.79 Å². The minimum absolute atomic E-state index is 0.164. The molecular formula is C44H54N10O5. The molecule has 310 valence electrons. The van der Waals surface area contributed by atoms with Crippen LogP contribution in [0.5, 0.6) is 5.75 Å². The number of para-hydroxylation sites is 2. The first kappa shape index (κ1) is 40.0. The van der Waals surface area contributed by atoms with Crippen molar-refractivity contribution in [3.8, 4) is 17.0 Å². The zero-order valence-electron chi connectivity index (χ0n) is 33.9. The number of nitrogens with two attached hydrogens (primary N) is 1. The van der Waals surface area contributed by atoms with Gasteiger partial charge in [0, 0.05) is 77.1 Å². The number of imidazole rings is 1. The Morgan fingerprint density at radius 2 is 1.73 bits per heavy atom.